The van der Waals surface area contributed by atoms with Gasteiger partial charge in [0.05, 0.1) is 5.75 Å². The van der Waals surface area contributed by atoms with Crippen molar-refractivity contribution in [2.24, 2.45) is 0 Å². The first-order chi connectivity index (χ1) is 14.0. The van der Waals surface area contributed by atoms with Crippen LogP contribution in [0.2, 0.25) is 0 Å². The number of halogens is 1. The zero-order chi connectivity index (χ0) is 20.8. The summed E-state index contributed by atoms with van der Waals surface area (Å²) < 4.78 is 2.90. The number of aromatic nitrogens is 3. The summed E-state index contributed by atoms with van der Waals surface area (Å²) in [6.45, 7) is 5.82. The molecule has 1 heterocycles. The quantitative estimate of drug-likeness (QED) is 0.290. The van der Waals surface area contributed by atoms with Gasteiger partial charge >= 0.3 is 0 Å². The van der Waals surface area contributed by atoms with Gasteiger partial charge in [0.25, 0.3) is 0 Å². The van der Waals surface area contributed by atoms with Crippen LogP contribution in [0.15, 0.2) is 70.8 Å². The van der Waals surface area contributed by atoms with E-state index in [1.54, 1.807) is 30.3 Å². The van der Waals surface area contributed by atoms with Crippen molar-refractivity contribution in [3.63, 3.8) is 0 Å². The van der Waals surface area contributed by atoms with Crippen molar-refractivity contribution in [2.45, 2.75) is 18.6 Å². The molecule has 2 aromatic carbocycles. The van der Waals surface area contributed by atoms with E-state index in [2.05, 4.69) is 38.0 Å². The van der Waals surface area contributed by atoms with Gasteiger partial charge in [-0.1, -0.05) is 58.0 Å². The standard InChI is InChI=1S/C21H19BrN4O2S/c1-3-11-26-20(15-7-9-17(22)10-8-15)24-25-21(26)29-13-19(28)23-18-6-4-5-16(12-18)14(2)27/h3-10,12H,1,11,13H2,2H3,(H,23,28). The number of thioether (sulfide) groups is 1. The molecule has 0 unspecified atom stereocenters. The van der Waals surface area contributed by atoms with Gasteiger partial charge in [0.15, 0.2) is 16.8 Å². The van der Waals surface area contributed by atoms with Crippen LogP contribution in [-0.4, -0.2) is 32.2 Å². The Balaban J connectivity index is 1.70. The first kappa shape index (κ1) is 21.0. The van der Waals surface area contributed by atoms with Gasteiger partial charge in [-0.25, -0.2) is 0 Å². The van der Waals surface area contributed by atoms with Crippen LogP contribution in [-0.2, 0) is 11.3 Å². The highest BCUT2D eigenvalue weighted by atomic mass is 79.9. The Morgan fingerprint density at radius 1 is 1.21 bits per heavy atom. The normalized spacial score (nSPS) is 10.6. The molecule has 0 aliphatic carbocycles. The minimum absolute atomic E-state index is 0.0477. The highest BCUT2D eigenvalue weighted by Crippen LogP contribution is 2.25. The van der Waals surface area contributed by atoms with Gasteiger partial charge in [0.1, 0.15) is 0 Å². The second-order valence-electron chi connectivity index (χ2n) is 6.19. The maximum atomic E-state index is 12.4. The topological polar surface area (TPSA) is 76.9 Å². The van der Waals surface area contributed by atoms with Crippen molar-refractivity contribution >= 4 is 45.1 Å². The fourth-order valence-corrected chi connectivity index (χ4v) is 3.66. The molecule has 0 radical (unpaired) electrons. The second-order valence-corrected chi connectivity index (χ2v) is 8.04. The first-order valence-corrected chi connectivity index (χ1v) is 10.6. The molecule has 0 saturated carbocycles. The van der Waals surface area contributed by atoms with Crippen LogP contribution < -0.4 is 5.32 Å². The van der Waals surface area contributed by atoms with E-state index in [9.17, 15) is 9.59 Å². The number of benzene rings is 2. The van der Waals surface area contributed by atoms with Crippen LogP contribution in [0.5, 0.6) is 0 Å². The molecule has 0 saturated heterocycles. The number of hydrogen-bond acceptors (Lipinski definition) is 5. The Labute approximate surface area is 181 Å². The van der Waals surface area contributed by atoms with Gasteiger partial charge < -0.3 is 5.32 Å². The van der Waals surface area contributed by atoms with Crippen LogP contribution in [0.4, 0.5) is 5.69 Å². The predicted octanol–water partition coefficient (Wildman–Crippen LogP) is 4.83. The lowest BCUT2D eigenvalue weighted by molar-refractivity contribution is -0.113. The van der Waals surface area contributed by atoms with E-state index >= 15 is 0 Å². The Morgan fingerprint density at radius 2 is 1.97 bits per heavy atom. The number of nitrogens with one attached hydrogen (secondary N) is 1. The smallest absolute Gasteiger partial charge is 0.234 e. The summed E-state index contributed by atoms with van der Waals surface area (Å²) in [7, 11) is 0. The molecule has 3 aromatic rings. The monoisotopic (exact) mass is 470 g/mol. The zero-order valence-electron chi connectivity index (χ0n) is 15.8. The van der Waals surface area contributed by atoms with Crippen molar-refractivity contribution in [1.29, 1.82) is 0 Å². The van der Waals surface area contributed by atoms with Crippen molar-refractivity contribution < 1.29 is 9.59 Å². The highest BCUT2D eigenvalue weighted by molar-refractivity contribution is 9.10. The number of Topliss-reactive ketones (excluding diaryl/α,β-unsaturated/α-hetero) is 1. The molecule has 0 aliphatic rings. The third-order valence-corrected chi connectivity index (χ3v) is 5.51. The lowest BCUT2D eigenvalue weighted by atomic mass is 10.1. The van der Waals surface area contributed by atoms with E-state index in [0.717, 1.165) is 15.9 Å². The first-order valence-electron chi connectivity index (χ1n) is 8.81. The number of carbonyl (C=O) groups is 2. The van der Waals surface area contributed by atoms with E-state index in [4.69, 9.17) is 0 Å². The van der Waals surface area contributed by atoms with Crippen LogP contribution >= 0.6 is 27.7 Å². The predicted molar refractivity (Wildman–Crippen MR) is 119 cm³/mol. The molecule has 1 amide bonds. The number of nitrogens with zero attached hydrogens (tertiary/aromatic N) is 3. The molecule has 1 N–H and O–H groups in total. The largest absolute Gasteiger partial charge is 0.325 e. The summed E-state index contributed by atoms with van der Waals surface area (Å²) in [5.41, 5.74) is 2.08. The van der Waals surface area contributed by atoms with E-state index in [1.807, 2.05) is 28.8 Å². The van der Waals surface area contributed by atoms with Crippen LogP contribution in [0.1, 0.15) is 17.3 Å². The van der Waals surface area contributed by atoms with Crippen molar-refractivity contribution in [3.8, 4) is 11.4 Å². The van der Waals surface area contributed by atoms with Crippen molar-refractivity contribution in [2.75, 3.05) is 11.1 Å². The van der Waals surface area contributed by atoms with Crippen molar-refractivity contribution in [1.82, 2.24) is 14.8 Å². The third kappa shape index (κ3) is 5.42. The number of rotatable bonds is 8. The van der Waals surface area contributed by atoms with E-state index < -0.39 is 0 Å². The molecular formula is C21H19BrN4O2S. The van der Waals surface area contributed by atoms with Gasteiger partial charge in [-0.3, -0.25) is 14.2 Å². The number of anilines is 1. The number of hydrogen-bond donors (Lipinski definition) is 1. The molecule has 1 aromatic heterocycles. The highest BCUT2D eigenvalue weighted by Gasteiger charge is 2.15. The molecule has 3 rings (SSSR count). The molecule has 0 spiro atoms. The van der Waals surface area contributed by atoms with Crippen molar-refractivity contribution in [3.05, 3.63) is 71.2 Å². The Kier molecular flexibility index (Phi) is 7.00. The maximum Gasteiger partial charge on any atom is 0.234 e. The summed E-state index contributed by atoms with van der Waals surface area (Å²) in [6, 6.07) is 14.7. The van der Waals surface area contributed by atoms with E-state index in [-0.39, 0.29) is 17.4 Å². The average Bonchev–Trinajstić information content (AvgIpc) is 3.10. The number of allylic oxidation sites excluding steroid dienone is 1. The van der Waals surface area contributed by atoms with Crippen LogP contribution in [0.25, 0.3) is 11.4 Å². The zero-order valence-corrected chi connectivity index (χ0v) is 18.2. The lowest BCUT2D eigenvalue weighted by Gasteiger charge is -2.09. The maximum absolute atomic E-state index is 12.4. The lowest BCUT2D eigenvalue weighted by Crippen LogP contribution is -2.15. The summed E-state index contributed by atoms with van der Waals surface area (Å²) in [5, 5.41) is 12.0. The summed E-state index contributed by atoms with van der Waals surface area (Å²) >= 11 is 4.72. The molecule has 8 heteroatoms. The molecule has 0 aliphatic heterocycles. The van der Waals surface area contributed by atoms with Crippen LogP contribution in [0, 0.1) is 0 Å². The molecule has 6 nitrogen and oxygen atoms in total. The van der Waals surface area contributed by atoms with Gasteiger partial charge in [0.2, 0.25) is 5.91 Å². The second kappa shape index (κ2) is 9.67. The van der Waals surface area contributed by atoms with Gasteiger partial charge in [0, 0.05) is 27.8 Å². The van der Waals surface area contributed by atoms with Gasteiger partial charge in [-0.05, 0) is 31.2 Å². The number of carbonyl (C=O) groups excluding carboxylic acids is 2. The molecule has 0 bridgehead atoms. The SMILES string of the molecule is C=CCn1c(SCC(=O)Nc2cccc(C(C)=O)c2)nnc1-c1ccc(Br)cc1. The molecular weight excluding hydrogens is 452 g/mol. The molecule has 148 valence electrons. The Hall–Kier alpha value is -2.71. The van der Waals surface area contributed by atoms with E-state index in [1.165, 1.54) is 18.7 Å². The number of ketones is 1. The Morgan fingerprint density at radius 3 is 2.66 bits per heavy atom. The summed E-state index contributed by atoms with van der Waals surface area (Å²) in [6.07, 6.45) is 1.77. The Bertz CT molecular complexity index is 1050. The van der Waals surface area contributed by atoms with Crippen LogP contribution in [0.3, 0.4) is 0 Å². The fraction of sp³-hybridized carbons (Fsp3) is 0.143. The molecule has 29 heavy (non-hydrogen) atoms. The van der Waals surface area contributed by atoms with E-state index in [0.29, 0.717) is 23.0 Å². The third-order valence-electron chi connectivity index (χ3n) is 4.02. The van der Waals surface area contributed by atoms with Gasteiger partial charge in [-0.2, -0.15) is 0 Å². The number of amides is 1. The minimum Gasteiger partial charge on any atom is -0.325 e. The van der Waals surface area contributed by atoms with Gasteiger partial charge in [-0.15, -0.1) is 16.8 Å². The summed E-state index contributed by atoms with van der Waals surface area (Å²) in [4.78, 5) is 23.8. The fourth-order valence-electron chi connectivity index (χ4n) is 2.64. The summed E-state index contributed by atoms with van der Waals surface area (Å²) in [5.74, 6) is 0.650. The minimum atomic E-state index is -0.186. The average molecular weight is 471 g/mol. The molecule has 0 atom stereocenters. The molecule has 0 fully saturated rings.